The summed E-state index contributed by atoms with van der Waals surface area (Å²) in [5.41, 5.74) is 0. The molecule has 0 aromatic carbocycles. The smallest absolute Gasteiger partial charge is 0.348 e. The van der Waals surface area contributed by atoms with Crippen LogP contribution in [0, 0.1) is 5.92 Å². The number of hydrogen-bond acceptors (Lipinski definition) is 6. The molecule has 2 N–H and O–H groups in total. The monoisotopic (exact) mass is 396 g/mol. The molecule has 0 bridgehead atoms. The van der Waals surface area contributed by atoms with Crippen molar-refractivity contribution in [2.75, 3.05) is 26.7 Å². The third kappa shape index (κ3) is 4.26. The van der Waals surface area contributed by atoms with E-state index in [9.17, 15) is 13.2 Å². The van der Waals surface area contributed by atoms with Gasteiger partial charge in [0, 0.05) is 6.54 Å². The normalized spacial score (nSPS) is 16.9. The summed E-state index contributed by atoms with van der Waals surface area (Å²) >= 11 is 4.25. The van der Waals surface area contributed by atoms with Gasteiger partial charge >= 0.3 is 5.97 Å². The minimum atomic E-state index is -3.63. The molecule has 2 heterocycles. The molecule has 0 unspecified atom stereocenters. The summed E-state index contributed by atoms with van der Waals surface area (Å²) in [6, 6.07) is 1.34. The molecule has 2 rings (SSSR count). The summed E-state index contributed by atoms with van der Waals surface area (Å²) in [7, 11) is -2.36. The Kier molecular flexibility index (Phi) is 5.78. The van der Waals surface area contributed by atoms with Gasteiger partial charge in [-0.05, 0) is 53.8 Å². The quantitative estimate of drug-likeness (QED) is 0.737. The highest BCUT2D eigenvalue weighted by Gasteiger charge is 2.24. The van der Waals surface area contributed by atoms with E-state index in [4.69, 9.17) is 0 Å². The molecular formula is C12H17BrN2O4S2. The lowest BCUT2D eigenvalue weighted by molar-refractivity contribution is 0.0606. The number of hydrogen-bond donors (Lipinski definition) is 2. The Morgan fingerprint density at radius 1 is 1.52 bits per heavy atom. The zero-order valence-electron chi connectivity index (χ0n) is 11.5. The average Bonchev–Trinajstić information content (AvgIpc) is 2.88. The Balaban J connectivity index is 2.08. The van der Waals surface area contributed by atoms with Gasteiger partial charge in [-0.2, -0.15) is 0 Å². The number of sulfonamides is 1. The van der Waals surface area contributed by atoms with Gasteiger partial charge < -0.3 is 10.1 Å². The highest BCUT2D eigenvalue weighted by atomic mass is 79.9. The molecule has 0 radical (unpaired) electrons. The number of carbonyl (C=O) groups is 1. The molecular weight excluding hydrogens is 380 g/mol. The van der Waals surface area contributed by atoms with E-state index in [1.54, 1.807) is 0 Å². The summed E-state index contributed by atoms with van der Waals surface area (Å²) in [5, 5.41) is 3.24. The van der Waals surface area contributed by atoms with Crippen molar-refractivity contribution in [3.8, 4) is 0 Å². The molecule has 1 aromatic heterocycles. The number of thiophene rings is 1. The van der Waals surface area contributed by atoms with Crippen molar-refractivity contribution in [1.29, 1.82) is 0 Å². The van der Waals surface area contributed by atoms with Crippen LogP contribution in [0.5, 0.6) is 0 Å². The van der Waals surface area contributed by atoms with Crippen LogP contribution in [0.25, 0.3) is 0 Å². The highest BCUT2D eigenvalue weighted by Crippen LogP contribution is 2.32. The first-order valence-corrected chi connectivity index (χ1v) is 9.61. The molecule has 0 saturated carbocycles. The number of piperidine rings is 1. The van der Waals surface area contributed by atoms with Crippen molar-refractivity contribution >= 4 is 43.3 Å². The van der Waals surface area contributed by atoms with Gasteiger partial charge in [-0.15, -0.1) is 11.3 Å². The second kappa shape index (κ2) is 7.19. The number of nitrogens with one attached hydrogen (secondary N) is 2. The lowest BCUT2D eigenvalue weighted by atomic mass is 9.99. The van der Waals surface area contributed by atoms with Crippen LogP contribution in [0.1, 0.15) is 22.5 Å². The Bertz CT molecular complexity index is 609. The fourth-order valence-electron chi connectivity index (χ4n) is 2.13. The number of rotatable bonds is 5. The van der Waals surface area contributed by atoms with Crippen molar-refractivity contribution in [2.45, 2.75) is 17.7 Å². The molecule has 0 aliphatic carbocycles. The number of esters is 1. The van der Waals surface area contributed by atoms with Crippen LogP contribution in [0.3, 0.4) is 0 Å². The molecule has 118 valence electrons. The minimum absolute atomic E-state index is 0.0850. The van der Waals surface area contributed by atoms with Gasteiger partial charge in [-0.3, -0.25) is 0 Å². The molecule has 1 fully saturated rings. The van der Waals surface area contributed by atoms with Crippen molar-refractivity contribution in [2.24, 2.45) is 5.92 Å². The maximum absolute atomic E-state index is 12.3. The molecule has 6 nitrogen and oxygen atoms in total. The predicted octanol–water partition coefficient (Wildman–Crippen LogP) is 1.58. The van der Waals surface area contributed by atoms with Crippen LogP contribution in [-0.2, 0) is 14.8 Å². The lowest BCUT2D eigenvalue weighted by Gasteiger charge is -2.22. The Hall–Kier alpha value is -0.480. The van der Waals surface area contributed by atoms with E-state index in [2.05, 4.69) is 30.7 Å². The van der Waals surface area contributed by atoms with E-state index in [1.807, 2.05) is 0 Å². The first-order valence-electron chi connectivity index (χ1n) is 6.52. The fourth-order valence-corrected chi connectivity index (χ4v) is 5.72. The Labute approximate surface area is 136 Å². The summed E-state index contributed by atoms with van der Waals surface area (Å²) in [5.74, 6) is -0.195. The maximum Gasteiger partial charge on any atom is 0.348 e. The number of halogens is 1. The van der Waals surface area contributed by atoms with Gasteiger partial charge in [-0.1, -0.05) is 0 Å². The van der Waals surface area contributed by atoms with Crippen LogP contribution < -0.4 is 10.0 Å². The largest absolute Gasteiger partial charge is 0.465 e. The summed E-state index contributed by atoms with van der Waals surface area (Å²) in [6.45, 7) is 2.25. The van der Waals surface area contributed by atoms with Crippen LogP contribution in [0.15, 0.2) is 14.7 Å². The Morgan fingerprint density at radius 2 is 2.19 bits per heavy atom. The molecule has 0 atom stereocenters. The van der Waals surface area contributed by atoms with Crippen molar-refractivity contribution in [3.05, 3.63) is 14.7 Å². The topological polar surface area (TPSA) is 84.5 Å². The maximum atomic E-state index is 12.3. The van der Waals surface area contributed by atoms with E-state index >= 15 is 0 Å². The molecule has 21 heavy (non-hydrogen) atoms. The molecule has 1 saturated heterocycles. The van der Waals surface area contributed by atoms with Crippen LogP contribution >= 0.6 is 27.3 Å². The predicted molar refractivity (Wildman–Crippen MR) is 84.1 cm³/mol. The van der Waals surface area contributed by atoms with E-state index in [0.717, 1.165) is 37.3 Å². The van der Waals surface area contributed by atoms with Gasteiger partial charge in [0.1, 0.15) is 9.77 Å². The second-order valence-electron chi connectivity index (χ2n) is 4.79. The van der Waals surface area contributed by atoms with E-state index < -0.39 is 16.0 Å². The zero-order chi connectivity index (χ0) is 15.5. The number of ether oxygens (including phenoxy) is 1. The van der Waals surface area contributed by atoms with Gasteiger partial charge in [0.25, 0.3) is 0 Å². The SMILES string of the molecule is COC(=O)c1cc(S(=O)(=O)NCC2CCNCC2)c(Br)s1. The number of carbonyl (C=O) groups excluding carboxylic acids is 1. The summed E-state index contributed by atoms with van der Waals surface area (Å²) in [4.78, 5) is 11.8. The molecule has 1 aromatic rings. The average molecular weight is 397 g/mol. The van der Waals surface area contributed by atoms with E-state index in [1.165, 1.54) is 13.2 Å². The summed E-state index contributed by atoms with van der Waals surface area (Å²) < 4.78 is 32.3. The van der Waals surface area contributed by atoms with E-state index in [0.29, 0.717) is 16.2 Å². The first kappa shape index (κ1) is 16.9. The summed E-state index contributed by atoms with van der Waals surface area (Å²) in [6.07, 6.45) is 1.92. The van der Waals surface area contributed by atoms with Gasteiger partial charge in [0.05, 0.1) is 10.9 Å². The van der Waals surface area contributed by atoms with Crippen LogP contribution in [-0.4, -0.2) is 41.1 Å². The standard InChI is InChI=1S/C12H17BrN2O4S2/c1-19-12(16)9-6-10(11(13)20-9)21(17,18)15-7-8-2-4-14-5-3-8/h6,8,14-15H,2-5,7H2,1H3. The second-order valence-corrected chi connectivity index (χ2v) is 8.89. The fraction of sp³-hybridized carbons (Fsp3) is 0.583. The zero-order valence-corrected chi connectivity index (χ0v) is 14.7. The minimum Gasteiger partial charge on any atom is -0.465 e. The van der Waals surface area contributed by atoms with Gasteiger partial charge in [-0.25, -0.2) is 17.9 Å². The molecule has 1 aliphatic rings. The van der Waals surface area contributed by atoms with Crippen molar-refractivity contribution in [1.82, 2.24) is 10.0 Å². The lowest BCUT2D eigenvalue weighted by Crippen LogP contribution is -2.35. The third-order valence-electron chi connectivity index (χ3n) is 3.35. The van der Waals surface area contributed by atoms with Crippen molar-refractivity contribution in [3.63, 3.8) is 0 Å². The Morgan fingerprint density at radius 3 is 2.81 bits per heavy atom. The van der Waals surface area contributed by atoms with Crippen LogP contribution in [0.4, 0.5) is 0 Å². The molecule has 9 heteroatoms. The highest BCUT2D eigenvalue weighted by molar-refractivity contribution is 9.11. The van der Waals surface area contributed by atoms with Gasteiger partial charge in [0.2, 0.25) is 10.0 Å². The van der Waals surface area contributed by atoms with Crippen LogP contribution in [0.2, 0.25) is 0 Å². The molecule has 0 spiro atoms. The number of methoxy groups -OCH3 is 1. The third-order valence-corrected chi connectivity index (χ3v) is 7.01. The van der Waals surface area contributed by atoms with Gasteiger partial charge in [0.15, 0.2) is 0 Å². The van der Waals surface area contributed by atoms with E-state index in [-0.39, 0.29) is 9.77 Å². The van der Waals surface area contributed by atoms with Crippen molar-refractivity contribution < 1.29 is 17.9 Å². The molecule has 1 aliphatic heterocycles. The first-order chi connectivity index (χ1) is 9.94. The molecule has 0 amide bonds.